The number of anilines is 1. The van der Waals surface area contributed by atoms with Gasteiger partial charge in [-0.15, -0.1) is 17.9 Å². The highest BCUT2D eigenvalue weighted by Crippen LogP contribution is 2.13. The Bertz CT molecular complexity index is 472. The molecule has 2 heterocycles. The molecule has 0 aliphatic carbocycles. The summed E-state index contributed by atoms with van der Waals surface area (Å²) in [6.45, 7) is 7.25. The maximum atomic E-state index is 4.24. The first-order chi connectivity index (χ1) is 7.79. The van der Waals surface area contributed by atoms with E-state index in [1.165, 1.54) is 4.88 Å². The van der Waals surface area contributed by atoms with Gasteiger partial charge in [-0.25, -0.2) is 9.97 Å². The molecule has 2 aromatic heterocycles. The Hall–Kier alpha value is -1.62. The summed E-state index contributed by atoms with van der Waals surface area (Å²) in [6, 6.07) is 0. The van der Waals surface area contributed by atoms with Crippen molar-refractivity contribution in [3.8, 4) is 0 Å². The van der Waals surface area contributed by atoms with Crippen molar-refractivity contribution >= 4 is 17.3 Å². The molecule has 4 nitrogen and oxygen atoms in total. The normalized spacial score (nSPS) is 10.3. The maximum Gasteiger partial charge on any atom is 0.203 e. The average Bonchev–Trinajstić information content (AvgIpc) is 2.85. The van der Waals surface area contributed by atoms with Crippen molar-refractivity contribution in [3.05, 3.63) is 41.1 Å². The van der Waals surface area contributed by atoms with Crippen LogP contribution < -0.4 is 5.32 Å². The predicted octanol–water partition coefficient (Wildman–Crippen LogP) is 2.45. The van der Waals surface area contributed by atoms with Gasteiger partial charge in [-0.2, -0.15) is 0 Å². The van der Waals surface area contributed by atoms with Gasteiger partial charge in [0.05, 0.1) is 11.6 Å². The quantitative estimate of drug-likeness (QED) is 0.808. The van der Waals surface area contributed by atoms with E-state index >= 15 is 0 Å². The zero-order valence-corrected chi connectivity index (χ0v) is 10.00. The lowest BCUT2D eigenvalue weighted by Crippen LogP contribution is -2.05. The molecule has 0 saturated heterocycles. The number of imidazole rings is 1. The van der Waals surface area contributed by atoms with Crippen LogP contribution in [-0.4, -0.2) is 14.5 Å². The summed E-state index contributed by atoms with van der Waals surface area (Å²) in [4.78, 5) is 9.67. The number of aromatic nitrogens is 3. The molecule has 0 aliphatic heterocycles. The van der Waals surface area contributed by atoms with Gasteiger partial charge in [-0.1, -0.05) is 6.08 Å². The van der Waals surface area contributed by atoms with Crippen LogP contribution in [0.1, 0.15) is 9.88 Å². The summed E-state index contributed by atoms with van der Waals surface area (Å²) in [5, 5.41) is 4.37. The maximum absolute atomic E-state index is 4.24. The summed E-state index contributed by atoms with van der Waals surface area (Å²) in [5.41, 5.74) is 0. The molecule has 0 aliphatic rings. The van der Waals surface area contributed by atoms with Crippen LogP contribution in [0.3, 0.4) is 0 Å². The molecule has 0 unspecified atom stereocenters. The Balaban J connectivity index is 1.98. The van der Waals surface area contributed by atoms with E-state index in [0.29, 0.717) is 0 Å². The lowest BCUT2D eigenvalue weighted by molar-refractivity contribution is 0.821. The Kier molecular flexibility index (Phi) is 3.36. The molecular weight excluding hydrogens is 220 g/mol. The molecule has 2 aromatic rings. The summed E-state index contributed by atoms with van der Waals surface area (Å²) in [6.07, 6.45) is 7.46. The molecule has 5 heteroatoms. The first-order valence-electron chi connectivity index (χ1n) is 5.07. The molecule has 0 atom stereocenters. The largest absolute Gasteiger partial charge is 0.351 e. The fourth-order valence-corrected chi connectivity index (χ4v) is 2.15. The molecule has 1 N–H and O–H groups in total. The van der Waals surface area contributed by atoms with Gasteiger partial charge in [0.2, 0.25) is 5.95 Å². The minimum atomic E-state index is 0.764. The number of hydrogen-bond donors (Lipinski definition) is 1. The van der Waals surface area contributed by atoms with E-state index in [-0.39, 0.29) is 0 Å². The van der Waals surface area contributed by atoms with E-state index < -0.39 is 0 Å². The second kappa shape index (κ2) is 4.94. The smallest absolute Gasteiger partial charge is 0.203 e. The van der Waals surface area contributed by atoms with E-state index in [2.05, 4.69) is 21.9 Å². The van der Waals surface area contributed by atoms with Gasteiger partial charge in [-0.05, 0) is 6.92 Å². The minimum Gasteiger partial charge on any atom is -0.351 e. The number of nitrogens with one attached hydrogen (secondary N) is 1. The molecule has 2 rings (SSSR count). The minimum absolute atomic E-state index is 0.764. The van der Waals surface area contributed by atoms with Crippen molar-refractivity contribution in [3.63, 3.8) is 0 Å². The molecule has 0 radical (unpaired) electrons. The highest BCUT2D eigenvalue weighted by atomic mass is 32.1. The molecule has 0 aromatic carbocycles. The molecular formula is C11H14N4S. The van der Waals surface area contributed by atoms with Crippen LogP contribution in [0, 0.1) is 6.92 Å². The first kappa shape index (κ1) is 10.9. The first-order valence-corrected chi connectivity index (χ1v) is 5.88. The third-order valence-electron chi connectivity index (χ3n) is 2.13. The average molecular weight is 234 g/mol. The van der Waals surface area contributed by atoms with Crippen molar-refractivity contribution in [2.75, 3.05) is 5.32 Å². The third-order valence-corrected chi connectivity index (χ3v) is 3.04. The molecule has 0 bridgehead atoms. The van der Waals surface area contributed by atoms with Gasteiger partial charge < -0.3 is 9.88 Å². The van der Waals surface area contributed by atoms with Crippen LogP contribution in [-0.2, 0) is 13.1 Å². The van der Waals surface area contributed by atoms with Gasteiger partial charge in [0.1, 0.15) is 0 Å². The molecule has 0 spiro atoms. The fourth-order valence-electron chi connectivity index (χ4n) is 1.42. The molecule has 0 amide bonds. The standard InChI is InChI=1S/C11H14N4S/c1-3-5-15-6-4-12-11(15)14-8-10-7-13-9(2)16-10/h3-4,6-7H,1,5,8H2,2H3,(H,12,14). The van der Waals surface area contributed by atoms with E-state index in [0.717, 1.165) is 24.0 Å². The molecule has 16 heavy (non-hydrogen) atoms. The van der Waals surface area contributed by atoms with Crippen molar-refractivity contribution in [1.82, 2.24) is 14.5 Å². The van der Waals surface area contributed by atoms with Crippen molar-refractivity contribution in [2.24, 2.45) is 0 Å². The Labute approximate surface area is 98.7 Å². The Morgan fingerprint density at radius 2 is 2.44 bits per heavy atom. The Morgan fingerprint density at radius 3 is 3.12 bits per heavy atom. The van der Waals surface area contributed by atoms with Gasteiger partial charge in [0.15, 0.2) is 0 Å². The van der Waals surface area contributed by atoms with Crippen LogP contribution in [0.5, 0.6) is 0 Å². The van der Waals surface area contributed by atoms with E-state index in [9.17, 15) is 0 Å². The number of hydrogen-bond acceptors (Lipinski definition) is 4. The highest BCUT2D eigenvalue weighted by Gasteiger charge is 2.02. The number of allylic oxidation sites excluding steroid dienone is 1. The lowest BCUT2D eigenvalue weighted by atomic mass is 10.5. The van der Waals surface area contributed by atoms with Crippen molar-refractivity contribution < 1.29 is 0 Å². The third kappa shape index (κ3) is 2.49. The summed E-state index contributed by atoms with van der Waals surface area (Å²) in [7, 11) is 0. The summed E-state index contributed by atoms with van der Waals surface area (Å²) in [5.74, 6) is 0.867. The Morgan fingerprint density at radius 1 is 1.56 bits per heavy atom. The van der Waals surface area contributed by atoms with Gasteiger partial charge in [0, 0.05) is 30.0 Å². The van der Waals surface area contributed by atoms with Gasteiger partial charge in [0.25, 0.3) is 0 Å². The van der Waals surface area contributed by atoms with E-state index in [4.69, 9.17) is 0 Å². The lowest BCUT2D eigenvalue weighted by Gasteiger charge is -2.06. The fraction of sp³-hybridized carbons (Fsp3) is 0.273. The molecule has 84 valence electrons. The van der Waals surface area contributed by atoms with Crippen molar-refractivity contribution in [1.29, 1.82) is 0 Å². The second-order valence-corrected chi connectivity index (χ2v) is 4.71. The van der Waals surface area contributed by atoms with Crippen LogP contribution in [0.15, 0.2) is 31.2 Å². The zero-order chi connectivity index (χ0) is 11.4. The van der Waals surface area contributed by atoms with E-state index in [1.807, 2.05) is 30.0 Å². The second-order valence-electron chi connectivity index (χ2n) is 3.39. The number of nitrogens with zero attached hydrogens (tertiary/aromatic N) is 3. The van der Waals surface area contributed by atoms with E-state index in [1.54, 1.807) is 17.5 Å². The van der Waals surface area contributed by atoms with Gasteiger partial charge in [-0.3, -0.25) is 0 Å². The SMILES string of the molecule is C=CCn1ccnc1NCc1cnc(C)s1. The summed E-state index contributed by atoms with van der Waals surface area (Å²) >= 11 is 1.70. The zero-order valence-electron chi connectivity index (χ0n) is 9.18. The molecule has 0 fully saturated rings. The topological polar surface area (TPSA) is 42.7 Å². The predicted molar refractivity (Wildman–Crippen MR) is 66.6 cm³/mol. The van der Waals surface area contributed by atoms with Crippen LogP contribution >= 0.6 is 11.3 Å². The van der Waals surface area contributed by atoms with Crippen LogP contribution in [0.4, 0.5) is 5.95 Å². The van der Waals surface area contributed by atoms with Gasteiger partial charge >= 0.3 is 0 Å². The number of aryl methyl sites for hydroxylation is 1. The monoisotopic (exact) mass is 234 g/mol. The van der Waals surface area contributed by atoms with Crippen molar-refractivity contribution in [2.45, 2.75) is 20.0 Å². The summed E-state index contributed by atoms with van der Waals surface area (Å²) < 4.78 is 2.01. The number of thiazole rings is 1. The highest BCUT2D eigenvalue weighted by molar-refractivity contribution is 7.11. The van der Waals surface area contributed by atoms with Crippen LogP contribution in [0.25, 0.3) is 0 Å². The number of rotatable bonds is 5. The molecule has 0 saturated carbocycles. The van der Waals surface area contributed by atoms with Crippen LogP contribution in [0.2, 0.25) is 0 Å².